The van der Waals surface area contributed by atoms with Crippen LogP contribution in [0.1, 0.15) is 5.69 Å². The van der Waals surface area contributed by atoms with E-state index in [0.29, 0.717) is 0 Å². The quantitative estimate of drug-likeness (QED) is 0.683. The van der Waals surface area contributed by atoms with Gasteiger partial charge in [-0.25, -0.2) is 0 Å². The second-order valence-electron chi connectivity index (χ2n) is 4.02. The van der Waals surface area contributed by atoms with Gasteiger partial charge < -0.3 is 0 Å². The second kappa shape index (κ2) is 4.37. The number of hydrogen-bond donors (Lipinski definition) is 0. The van der Waals surface area contributed by atoms with E-state index in [0.717, 1.165) is 24.2 Å². The summed E-state index contributed by atoms with van der Waals surface area (Å²) in [6.45, 7) is 0.867. The third-order valence-electron chi connectivity index (χ3n) is 2.78. The van der Waals surface area contributed by atoms with Crippen LogP contribution in [0.2, 0.25) is 0 Å². The minimum absolute atomic E-state index is 0.867. The Kier molecular flexibility index (Phi) is 2.58. The fraction of sp³-hybridized carbons (Fsp3) is 0.143. The monoisotopic (exact) mass is 223 g/mol. The van der Waals surface area contributed by atoms with Gasteiger partial charge in [0.25, 0.3) is 0 Å². The SMILES string of the molecule is c1ccc(CCn2cc3ccccc3n2)nc1. The molecule has 3 rings (SSSR count). The van der Waals surface area contributed by atoms with E-state index in [1.165, 1.54) is 5.39 Å². The topological polar surface area (TPSA) is 30.7 Å². The van der Waals surface area contributed by atoms with Crippen LogP contribution in [0.4, 0.5) is 0 Å². The molecular formula is C14H13N3. The molecule has 0 amide bonds. The lowest BCUT2D eigenvalue weighted by atomic mass is 10.2. The van der Waals surface area contributed by atoms with Crippen LogP contribution in [0.15, 0.2) is 54.9 Å². The third kappa shape index (κ3) is 2.18. The van der Waals surface area contributed by atoms with Crippen LogP contribution in [0.25, 0.3) is 10.9 Å². The molecule has 2 aromatic heterocycles. The van der Waals surface area contributed by atoms with E-state index >= 15 is 0 Å². The summed E-state index contributed by atoms with van der Waals surface area (Å²) < 4.78 is 1.99. The van der Waals surface area contributed by atoms with Crippen LogP contribution in [0, 0.1) is 0 Å². The van der Waals surface area contributed by atoms with Crippen molar-refractivity contribution in [1.29, 1.82) is 0 Å². The molecule has 1 aromatic carbocycles. The first-order valence-corrected chi connectivity index (χ1v) is 5.74. The molecular weight excluding hydrogens is 210 g/mol. The Balaban J connectivity index is 1.77. The maximum absolute atomic E-state index is 4.52. The van der Waals surface area contributed by atoms with Crippen LogP contribution < -0.4 is 0 Å². The molecule has 0 unspecified atom stereocenters. The molecule has 0 aliphatic carbocycles. The first-order valence-electron chi connectivity index (χ1n) is 5.74. The van der Waals surface area contributed by atoms with E-state index in [9.17, 15) is 0 Å². The number of benzene rings is 1. The smallest absolute Gasteiger partial charge is 0.0923 e. The summed E-state index contributed by atoms with van der Waals surface area (Å²) in [5.41, 5.74) is 2.15. The predicted octanol–water partition coefficient (Wildman–Crippen LogP) is 2.67. The highest BCUT2D eigenvalue weighted by Gasteiger charge is 2.00. The Labute approximate surface area is 99.7 Å². The van der Waals surface area contributed by atoms with E-state index in [1.807, 2.05) is 47.3 Å². The number of pyridine rings is 1. The Morgan fingerprint density at radius 1 is 1.00 bits per heavy atom. The van der Waals surface area contributed by atoms with Gasteiger partial charge in [0.15, 0.2) is 0 Å². The molecule has 0 N–H and O–H groups in total. The highest BCUT2D eigenvalue weighted by atomic mass is 15.3. The molecule has 0 saturated heterocycles. The molecule has 3 nitrogen and oxygen atoms in total. The van der Waals surface area contributed by atoms with Gasteiger partial charge >= 0.3 is 0 Å². The zero-order chi connectivity index (χ0) is 11.5. The fourth-order valence-corrected chi connectivity index (χ4v) is 1.91. The van der Waals surface area contributed by atoms with Gasteiger partial charge in [-0.3, -0.25) is 9.67 Å². The number of aromatic nitrogens is 3. The number of rotatable bonds is 3. The van der Waals surface area contributed by atoms with E-state index in [-0.39, 0.29) is 0 Å². The van der Waals surface area contributed by atoms with Crippen molar-refractivity contribution in [1.82, 2.24) is 14.8 Å². The summed E-state index contributed by atoms with van der Waals surface area (Å²) in [7, 11) is 0. The number of fused-ring (bicyclic) bond motifs is 1. The highest BCUT2D eigenvalue weighted by molar-refractivity contribution is 5.77. The van der Waals surface area contributed by atoms with Crippen molar-refractivity contribution in [2.24, 2.45) is 0 Å². The van der Waals surface area contributed by atoms with Crippen LogP contribution in [0.5, 0.6) is 0 Å². The van der Waals surface area contributed by atoms with Crippen molar-refractivity contribution in [3.63, 3.8) is 0 Å². The van der Waals surface area contributed by atoms with Gasteiger partial charge in [-0.2, -0.15) is 5.10 Å². The molecule has 0 bridgehead atoms. The first-order chi connectivity index (χ1) is 8.42. The Morgan fingerprint density at radius 3 is 2.71 bits per heavy atom. The molecule has 0 aliphatic rings. The normalized spacial score (nSPS) is 10.8. The standard InChI is InChI=1S/C14H13N3/c1-2-7-14-12(5-1)11-17(16-14)10-8-13-6-3-4-9-15-13/h1-7,9,11H,8,10H2. The third-order valence-corrected chi connectivity index (χ3v) is 2.78. The predicted molar refractivity (Wildman–Crippen MR) is 67.7 cm³/mol. The van der Waals surface area contributed by atoms with Crippen LogP contribution in [0.3, 0.4) is 0 Å². The summed E-state index contributed by atoms with van der Waals surface area (Å²) in [6.07, 6.45) is 4.82. The van der Waals surface area contributed by atoms with Crippen LogP contribution in [-0.4, -0.2) is 14.8 Å². The average Bonchev–Trinajstić information content (AvgIpc) is 2.80. The molecule has 0 fully saturated rings. The maximum Gasteiger partial charge on any atom is 0.0923 e. The van der Waals surface area contributed by atoms with Gasteiger partial charge in [0, 0.05) is 36.4 Å². The molecule has 84 valence electrons. The number of aryl methyl sites for hydroxylation is 2. The van der Waals surface area contributed by atoms with Gasteiger partial charge in [-0.15, -0.1) is 0 Å². The second-order valence-corrected chi connectivity index (χ2v) is 4.02. The van der Waals surface area contributed by atoms with E-state index in [1.54, 1.807) is 0 Å². The lowest BCUT2D eigenvalue weighted by Gasteiger charge is -2.00. The van der Waals surface area contributed by atoms with Crippen molar-refractivity contribution in [2.45, 2.75) is 13.0 Å². The molecule has 0 aliphatic heterocycles. The zero-order valence-corrected chi connectivity index (χ0v) is 9.45. The first kappa shape index (κ1) is 10.0. The zero-order valence-electron chi connectivity index (χ0n) is 9.45. The van der Waals surface area contributed by atoms with Gasteiger partial charge in [-0.05, 0) is 18.2 Å². The van der Waals surface area contributed by atoms with Gasteiger partial charge in [-0.1, -0.05) is 24.3 Å². The highest BCUT2D eigenvalue weighted by Crippen LogP contribution is 2.11. The molecule has 0 spiro atoms. The molecule has 17 heavy (non-hydrogen) atoms. The summed E-state index contributed by atoms with van der Waals surface area (Å²) >= 11 is 0. The van der Waals surface area contributed by atoms with E-state index in [2.05, 4.69) is 22.3 Å². The van der Waals surface area contributed by atoms with E-state index in [4.69, 9.17) is 0 Å². The van der Waals surface area contributed by atoms with Crippen LogP contribution >= 0.6 is 0 Å². The Bertz CT molecular complexity index is 580. The average molecular weight is 223 g/mol. The summed E-state index contributed by atoms with van der Waals surface area (Å²) in [5, 5.41) is 5.71. The summed E-state index contributed by atoms with van der Waals surface area (Å²) in [6, 6.07) is 14.2. The Hall–Kier alpha value is -2.16. The van der Waals surface area contributed by atoms with Gasteiger partial charge in [0.1, 0.15) is 0 Å². The largest absolute Gasteiger partial charge is 0.271 e. The van der Waals surface area contributed by atoms with Gasteiger partial charge in [0.2, 0.25) is 0 Å². The van der Waals surface area contributed by atoms with Gasteiger partial charge in [0.05, 0.1) is 5.52 Å². The fourth-order valence-electron chi connectivity index (χ4n) is 1.91. The summed E-state index contributed by atoms with van der Waals surface area (Å²) in [5.74, 6) is 0. The molecule has 0 atom stereocenters. The van der Waals surface area contributed by atoms with Crippen molar-refractivity contribution >= 4 is 10.9 Å². The molecule has 3 aromatic rings. The molecule has 0 saturated carbocycles. The molecule has 2 heterocycles. The number of hydrogen-bond acceptors (Lipinski definition) is 2. The maximum atomic E-state index is 4.52. The minimum atomic E-state index is 0.867. The van der Waals surface area contributed by atoms with Crippen molar-refractivity contribution in [2.75, 3.05) is 0 Å². The Morgan fingerprint density at radius 2 is 1.88 bits per heavy atom. The molecule has 3 heteroatoms. The van der Waals surface area contributed by atoms with Crippen molar-refractivity contribution < 1.29 is 0 Å². The minimum Gasteiger partial charge on any atom is -0.271 e. The lowest BCUT2D eigenvalue weighted by molar-refractivity contribution is 0.614. The van der Waals surface area contributed by atoms with E-state index < -0.39 is 0 Å². The van der Waals surface area contributed by atoms with Crippen molar-refractivity contribution in [3.8, 4) is 0 Å². The van der Waals surface area contributed by atoms with Crippen molar-refractivity contribution in [3.05, 3.63) is 60.6 Å². The molecule has 0 radical (unpaired) electrons. The lowest BCUT2D eigenvalue weighted by Crippen LogP contribution is -2.02. The summed E-state index contributed by atoms with van der Waals surface area (Å²) in [4.78, 5) is 4.31. The number of nitrogens with zero attached hydrogens (tertiary/aromatic N) is 3. The van der Waals surface area contributed by atoms with Crippen LogP contribution in [-0.2, 0) is 13.0 Å².